The zero-order valence-corrected chi connectivity index (χ0v) is 10.9. The van der Waals surface area contributed by atoms with Gasteiger partial charge in [0.1, 0.15) is 11.5 Å². The van der Waals surface area contributed by atoms with Gasteiger partial charge in [-0.3, -0.25) is 10.1 Å². The number of nitrogens with zero attached hydrogens (tertiary/aromatic N) is 1. The number of hydrogen-bond donors (Lipinski definition) is 1. The molecule has 4 nitrogen and oxygen atoms in total. The molecular formula is C9H10BrFN2O2S. The first-order chi connectivity index (χ1) is 7.56. The van der Waals surface area contributed by atoms with Gasteiger partial charge in [0.2, 0.25) is 0 Å². The highest BCUT2D eigenvalue weighted by atomic mass is 79.9. The first kappa shape index (κ1) is 13.2. The Labute approximate surface area is 105 Å². The van der Waals surface area contributed by atoms with Gasteiger partial charge in [0, 0.05) is 12.3 Å². The van der Waals surface area contributed by atoms with Gasteiger partial charge < -0.3 is 5.32 Å². The fourth-order valence-electron chi connectivity index (χ4n) is 1.12. The molecular weight excluding hydrogens is 299 g/mol. The molecule has 88 valence electrons. The van der Waals surface area contributed by atoms with E-state index in [1.165, 1.54) is 6.07 Å². The summed E-state index contributed by atoms with van der Waals surface area (Å²) in [6, 6.07) is 2.29. The van der Waals surface area contributed by atoms with E-state index in [-0.39, 0.29) is 10.2 Å². The van der Waals surface area contributed by atoms with Gasteiger partial charge in [0.05, 0.1) is 15.5 Å². The van der Waals surface area contributed by atoms with Crippen molar-refractivity contribution in [2.75, 3.05) is 23.9 Å². The van der Waals surface area contributed by atoms with Crippen molar-refractivity contribution < 1.29 is 9.31 Å². The molecule has 0 amide bonds. The maximum absolute atomic E-state index is 13.1. The number of thioether (sulfide) groups is 1. The van der Waals surface area contributed by atoms with E-state index in [1.54, 1.807) is 11.8 Å². The summed E-state index contributed by atoms with van der Waals surface area (Å²) in [7, 11) is 0. The van der Waals surface area contributed by atoms with Crippen molar-refractivity contribution in [1.29, 1.82) is 0 Å². The second kappa shape index (κ2) is 6.05. The lowest BCUT2D eigenvalue weighted by Gasteiger charge is -2.07. The van der Waals surface area contributed by atoms with Crippen LogP contribution in [-0.2, 0) is 0 Å². The molecule has 0 saturated carbocycles. The van der Waals surface area contributed by atoms with Crippen LogP contribution >= 0.6 is 27.7 Å². The predicted octanol–water partition coefficient (Wildman–Crippen LogP) is 3.27. The molecule has 0 bridgehead atoms. The number of anilines is 1. The van der Waals surface area contributed by atoms with Crippen LogP contribution in [0.1, 0.15) is 0 Å². The Bertz CT molecular complexity index is 403. The van der Waals surface area contributed by atoms with E-state index in [2.05, 4.69) is 21.2 Å². The topological polar surface area (TPSA) is 55.2 Å². The summed E-state index contributed by atoms with van der Waals surface area (Å²) in [6.45, 7) is 0.597. The monoisotopic (exact) mass is 308 g/mol. The van der Waals surface area contributed by atoms with Gasteiger partial charge in [-0.1, -0.05) is 0 Å². The summed E-state index contributed by atoms with van der Waals surface area (Å²) >= 11 is 4.62. The highest BCUT2D eigenvalue weighted by molar-refractivity contribution is 9.10. The summed E-state index contributed by atoms with van der Waals surface area (Å²) in [6.07, 6.45) is 1.94. The van der Waals surface area contributed by atoms with Crippen LogP contribution in [0.2, 0.25) is 0 Å². The first-order valence-electron chi connectivity index (χ1n) is 4.42. The number of nitro benzene ring substituents is 1. The minimum Gasteiger partial charge on any atom is -0.379 e. The molecule has 0 aromatic heterocycles. The van der Waals surface area contributed by atoms with Gasteiger partial charge in [0.25, 0.3) is 5.69 Å². The Kier molecular flexibility index (Phi) is 5.01. The number of benzene rings is 1. The van der Waals surface area contributed by atoms with Gasteiger partial charge in [0.15, 0.2) is 0 Å². The summed E-state index contributed by atoms with van der Waals surface area (Å²) in [5, 5.41) is 13.6. The average Bonchev–Trinajstić information content (AvgIpc) is 2.23. The third-order valence-electron chi connectivity index (χ3n) is 1.86. The molecule has 0 aliphatic heterocycles. The lowest BCUT2D eigenvalue weighted by atomic mass is 10.2. The van der Waals surface area contributed by atoms with Gasteiger partial charge in [-0.25, -0.2) is 4.39 Å². The van der Waals surface area contributed by atoms with Crippen molar-refractivity contribution in [3.8, 4) is 0 Å². The van der Waals surface area contributed by atoms with Gasteiger partial charge in [-0.2, -0.15) is 11.8 Å². The summed E-state index contributed by atoms with van der Waals surface area (Å²) in [5.41, 5.74) is 0.0779. The Hall–Kier alpha value is -0.820. The van der Waals surface area contributed by atoms with Crippen LogP contribution < -0.4 is 5.32 Å². The number of halogens is 2. The van der Waals surface area contributed by atoms with E-state index in [1.807, 2.05) is 6.26 Å². The molecule has 0 heterocycles. The van der Waals surface area contributed by atoms with E-state index in [9.17, 15) is 14.5 Å². The molecule has 0 unspecified atom stereocenters. The fourth-order valence-corrected chi connectivity index (χ4v) is 1.77. The third-order valence-corrected chi connectivity index (χ3v) is 3.08. The molecule has 0 fully saturated rings. The molecule has 1 aromatic carbocycles. The van der Waals surface area contributed by atoms with Crippen LogP contribution in [0.25, 0.3) is 0 Å². The van der Waals surface area contributed by atoms with E-state index in [0.717, 1.165) is 11.8 Å². The quantitative estimate of drug-likeness (QED) is 0.515. The molecule has 0 radical (unpaired) electrons. The lowest BCUT2D eigenvalue weighted by molar-refractivity contribution is -0.384. The Balaban J connectivity index is 2.95. The predicted molar refractivity (Wildman–Crippen MR) is 67.6 cm³/mol. The van der Waals surface area contributed by atoms with E-state index in [4.69, 9.17) is 0 Å². The molecule has 1 rings (SSSR count). The zero-order valence-electron chi connectivity index (χ0n) is 8.50. The molecule has 0 saturated heterocycles. The lowest BCUT2D eigenvalue weighted by Crippen LogP contribution is -2.06. The number of rotatable bonds is 5. The highest BCUT2D eigenvalue weighted by Gasteiger charge is 2.16. The van der Waals surface area contributed by atoms with Crippen molar-refractivity contribution in [2.45, 2.75) is 0 Å². The van der Waals surface area contributed by atoms with E-state index < -0.39 is 10.7 Å². The standard InChI is InChI=1S/C9H10BrFN2O2S/c1-16-3-2-12-8-4-6(10)7(11)5-9(8)13(14)15/h4-5,12H,2-3H2,1H3. The Morgan fingerprint density at radius 3 is 2.88 bits per heavy atom. The van der Waals surface area contributed by atoms with E-state index >= 15 is 0 Å². The number of hydrogen-bond acceptors (Lipinski definition) is 4. The van der Waals surface area contributed by atoms with Crippen LogP contribution in [-0.4, -0.2) is 23.5 Å². The summed E-state index contributed by atoms with van der Waals surface area (Å²) in [5.74, 6) is 0.189. The molecule has 1 N–H and O–H groups in total. The SMILES string of the molecule is CSCCNc1cc(Br)c(F)cc1[N+](=O)[O-]. The Morgan fingerprint density at radius 2 is 2.31 bits per heavy atom. The van der Waals surface area contributed by atoms with Crippen LogP contribution in [0.4, 0.5) is 15.8 Å². The molecule has 0 aliphatic carbocycles. The Morgan fingerprint density at radius 1 is 1.62 bits per heavy atom. The highest BCUT2D eigenvalue weighted by Crippen LogP contribution is 2.30. The molecule has 0 spiro atoms. The molecule has 0 aliphatic rings. The van der Waals surface area contributed by atoms with Crippen molar-refractivity contribution in [3.63, 3.8) is 0 Å². The largest absolute Gasteiger partial charge is 0.379 e. The molecule has 0 atom stereocenters. The van der Waals surface area contributed by atoms with Gasteiger partial charge in [-0.15, -0.1) is 0 Å². The fraction of sp³-hybridized carbons (Fsp3) is 0.333. The van der Waals surface area contributed by atoms with Crippen molar-refractivity contribution in [3.05, 3.63) is 32.5 Å². The summed E-state index contributed by atoms with van der Waals surface area (Å²) < 4.78 is 13.3. The second-order valence-electron chi connectivity index (χ2n) is 2.96. The van der Waals surface area contributed by atoms with Crippen LogP contribution in [0, 0.1) is 15.9 Å². The minimum absolute atomic E-state index is 0.213. The maximum atomic E-state index is 13.1. The third kappa shape index (κ3) is 3.34. The zero-order chi connectivity index (χ0) is 12.1. The van der Waals surface area contributed by atoms with Crippen LogP contribution in [0.3, 0.4) is 0 Å². The van der Waals surface area contributed by atoms with Crippen molar-refractivity contribution in [1.82, 2.24) is 0 Å². The summed E-state index contributed by atoms with van der Waals surface area (Å²) in [4.78, 5) is 10.1. The maximum Gasteiger partial charge on any atom is 0.295 e. The van der Waals surface area contributed by atoms with Gasteiger partial charge >= 0.3 is 0 Å². The van der Waals surface area contributed by atoms with Crippen molar-refractivity contribution >= 4 is 39.1 Å². The number of nitrogens with one attached hydrogen (secondary N) is 1. The van der Waals surface area contributed by atoms with Crippen molar-refractivity contribution in [2.24, 2.45) is 0 Å². The average molecular weight is 309 g/mol. The second-order valence-corrected chi connectivity index (χ2v) is 4.80. The first-order valence-corrected chi connectivity index (χ1v) is 6.61. The van der Waals surface area contributed by atoms with E-state index in [0.29, 0.717) is 12.2 Å². The smallest absolute Gasteiger partial charge is 0.295 e. The minimum atomic E-state index is -0.637. The normalized spacial score (nSPS) is 10.2. The van der Waals surface area contributed by atoms with Gasteiger partial charge in [-0.05, 0) is 28.3 Å². The number of nitro groups is 1. The molecule has 1 aromatic rings. The van der Waals surface area contributed by atoms with Crippen LogP contribution in [0.5, 0.6) is 0 Å². The van der Waals surface area contributed by atoms with Crippen LogP contribution in [0.15, 0.2) is 16.6 Å². The molecule has 7 heteroatoms. The molecule has 16 heavy (non-hydrogen) atoms.